The van der Waals surface area contributed by atoms with Crippen molar-refractivity contribution in [1.29, 1.82) is 0 Å². The fourth-order valence-electron chi connectivity index (χ4n) is 2.91. The highest BCUT2D eigenvalue weighted by Gasteiger charge is 2.16. The van der Waals surface area contributed by atoms with Crippen LogP contribution in [0.4, 0.5) is 5.69 Å². The second-order valence-corrected chi connectivity index (χ2v) is 9.33. The van der Waals surface area contributed by atoms with Crippen LogP contribution in [0.3, 0.4) is 0 Å². The van der Waals surface area contributed by atoms with E-state index in [0.29, 0.717) is 17.0 Å². The summed E-state index contributed by atoms with van der Waals surface area (Å²) in [4.78, 5) is 28.9. The van der Waals surface area contributed by atoms with E-state index < -0.39 is 16.0 Å². The van der Waals surface area contributed by atoms with Crippen LogP contribution in [-0.2, 0) is 21.4 Å². The summed E-state index contributed by atoms with van der Waals surface area (Å²) in [5.74, 6) is -0.664. The highest BCUT2D eigenvalue weighted by molar-refractivity contribution is 9.10. The molecule has 0 amide bonds. The molecule has 0 atom stereocenters. The molecule has 4 rings (SSSR count). The number of ether oxygens (including phenoxy) is 1. The summed E-state index contributed by atoms with van der Waals surface area (Å²) in [6.45, 7) is -0.198. The maximum absolute atomic E-state index is 12.5. The molecule has 0 bridgehead atoms. The van der Waals surface area contributed by atoms with Crippen molar-refractivity contribution in [2.24, 2.45) is 0 Å². The summed E-state index contributed by atoms with van der Waals surface area (Å²) in [6.07, 6.45) is 1.60. The molecule has 2 aromatic heterocycles. The number of pyridine rings is 1. The minimum Gasteiger partial charge on any atom is -0.456 e. The molecule has 2 aromatic carbocycles. The first kappa shape index (κ1) is 21.7. The van der Waals surface area contributed by atoms with Gasteiger partial charge in [-0.05, 0) is 64.5 Å². The molecule has 0 saturated heterocycles. The van der Waals surface area contributed by atoms with E-state index in [-0.39, 0.29) is 22.6 Å². The maximum Gasteiger partial charge on any atom is 0.338 e. The zero-order chi connectivity index (χ0) is 22.7. The van der Waals surface area contributed by atoms with Crippen molar-refractivity contribution in [3.63, 3.8) is 0 Å². The van der Waals surface area contributed by atoms with E-state index in [0.717, 1.165) is 4.47 Å². The van der Waals surface area contributed by atoms with Crippen molar-refractivity contribution in [1.82, 2.24) is 9.38 Å². The number of carbonyl (C=O) groups excluding carboxylic acids is 1. The summed E-state index contributed by atoms with van der Waals surface area (Å²) in [6, 6.07) is 18.6. The lowest BCUT2D eigenvalue weighted by Crippen LogP contribution is -2.16. The van der Waals surface area contributed by atoms with Gasteiger partial charge in [-0.25, -0.2) is 18.2 Å². The van der Waals surface area contributed by atoms with Gasteiger partial charge in [-0.3, -0.25) is 13.9 Å². The molecule has 0 unspecified atom stereocenters. The molecule has 2 heterocycles. The van der Waals surface area contributed by atoms with Gasteiger partial charge in [0.1, 0.15) is 12.3 Å². The zero-order valence-corrected chi connectivity index (χ0v) is 18.8. The first-order chi connectivity index (χ1) is 15.3. The molecule has 0 fully saturated rings. The summed E-state index contributed by atoms with van der Waals surface area (Å²) >= 11 is 3.30. The first-order valence-electron chi connectivity index (χ1n) is 9.35. The third-order valence-electron chi connectivity index (χ3n) is 4.45. The summed E-state index contributed by atoms with van der Waals surface area (Å²) in [7, 11) is -3.79. The van der Waals surface area contributed by atoms with Crippen LogP contribution < -0.4 is 10.3 Å². The molecule has 32 heavy (non-hydrogen) atoms. The van der Waals surface area contributed by atoms with Gasteiger partial charge in [-0.15, -0.1) is 0 Å². The Balaban J connectivity index is 1.45. The third kappa shape index (κ3) is 4.87. The van der Waals surface area contributed by atoms with Gasteiger partial charge in [0.2, 0.25) is 0 Å². The van der Waals surface area contributed by atoms with Gasteiger partial charge in [0.15, 0.2) is 0 Å². The quantitative estimate of drug-likeness (QED) is 0.394. The highest BCUT2D eigenvalue weighted by Crippen LogP contribution is 2.17. The number of hydrogen-bond acceptors (Lipinski definition) is 6. The van der Waals surface area contributed by atoms with Gasteiger partial charge in [-0.1, -0.05) is 18.2 Å². The molecule has 8 nitrogen and oxygen atoms in total. The Morgan fingerprint density at radius 1 is 1.03 bits per heavy atom. The van der Waals surface area contributed by atoms with E-state index in [9.17, 15) is 18.0 Å². The van der Waals surface area contributed by atoms with Crippen molar-refractivity contribution in [3.8, 4) is 0 Å². The number of nitrogens with one attached hydrogen (secondary N) is 1. The van der Waals surface area contributed by atoms with Gasteiger partial charge in [0.25, 0.3) is 15.6 Å². The minimum atomic E-state index is -3.79. The SMILES string of the molecule is O=C(OCc1cc(=O)n2cc(Br)ccc2n1)c1ccc(S(=O)(=O)Nc2ccccc2)cc1. The van der Waals surface area contributed by atoms with Crippen LogP contribution in [0.15, 0.2) is 93.2 Å². The van der Waals surface area contributed by atoms with Crippen molar-refractivity contribution in [2.75, 3.05) is 4.72 Å². The van der Waals surface area contributed by atoms with Gasteiger partial charge in [-0.2, -0.15) is 0 Å². The number of hydrogen-bond donors (Lipinski definition) is 1. The standard InChI is InChI=1S/C22H16BrN3O5S/c23-16-8-11-20-24-18(12-21(27)26(20)13-16)14-31-22(28)15-6-9-19(10-7-15)32(29,30)25-17-4-2-1-3-5-17/h1-13,25H,14H2. The van der Waals surface area contributed by atoms with Gasteiger partial charge in [0.05, 0.1) is 16.2 Å². The Bertz CT molecular complexity index is 1450. The van der Waals surface area contributed by atoms with E-state index in [4.69, 9.17) is 4.74 Å². The minimum absolute atomic E-state index is 0.00767. The number of para-hydroxylation sites is 1. The molecule has 10 heteroatoms. The molecular weight excluding hydrogens is 498 g/mol. The molecule has 0 saturated carbocycles. The molecule has 0 spiro atoms. The first-order valence-corrected chi connectivity index (χ1v) is 11.6. The number of fused-ring (bicyclic) bond motifs is 1. The molecule has 0 aliphatic carbocycles. The smallest absolute Gasteiger partial charge is 0.338 e. The average molecular weight is 514 g/mol. The summed E-state index contributed by atoms with van der Waals surface area (Å²) in [5.41, 5.74) is 1.03. The summed E-state index contributed by atoms with van der Waals surface area (Å²) in [5, 5.41) is 0. The van der Waals surface area contributed by atoms with Crippen molar-refractivity contribution < 1.29 is 17.9 Å². The van der Waals surface area contributed by atoms with Gasteiger partial charge in [0, 0.05) is 22.4 Å². The van der Waals surface area contributed by atoms with Crippen molar-refractivity contribution in [3.05, 3.63) is 105 Å². The summed E-state index contributed by atoms with van der Waals surface area (Å²) < 4.78 is 34.8. The Hall–Kier alpha value is -3.50. The van der Waals surface area contributed by atoms with E-state index >= 15 is 0 Å². The number of benzene rings is 2. The van der Waals surface area contributed by atoms with Crippen LogP contribution in [-0.4, -0.2) is 23.8 Å². The molecular formula is C22H16BrN3O5S. The van der Waals surface area contributed by atoms with E-state index in [2.05, 4.69) is 25.6 Å². The fraction of sp³-hybridized carbons (Fsp3) is 0.0455. The number of sulfonamides is 1. The second-order valence-electron chi connectivity index (χ2n) is 6.73. The molecule has 0 aliphatic heterocycles. The predicted molar refractivity (Wildman–Crippen MR) is 122 cm³/mol. The number of nitrogens with zero attached hydrogens (tertiary/aromatic N) is 2. The number of aromatic nitrogens is 2. The maximum atomic E-state index is 12.5. The Morgan fingerprint density at radius 3 is 2.47 bits per heavy atom. The van der Waals surface area contributed by atoms with Crippen LogP contribution in [0, 0.1) is 0 Å². The number of halogens is 1. The number of carbonyl (C=O) groups is 1. The van der Waals surface area contributed by atoms with Crippen LogP contribution in [0.5, 0.6) is 0 Å². The lowest BCUT2D eigenvalue weighted by Gasteiger charge is -2.09. The number of anilines is 1. The van der Waals surface area contributed by atoms with E-state index in [1.807, 2.05) is 0 Å². The van der Waals surface area contributed by atoms with Gasteiger partial charge < -0.3 is 4.74 Å². The average Bonchev–Trinajstić information content (AvgIpc) is 2.78. The third-order valence-corrected chi connectivity index (χ3v) is 6.32. The largest absolute Gasteiger partial charge is 0.456 e. The fourth-order valence-corrected chi connectivity index (χ4v) is 4.31. The lowest BCUT2D eigenvalue weighted by molar-refractivity contribution is 0.0467. The highest BCUT2D eigenvalue weighted by atomic mass is 79.9. The number of rotatable bonds is 6. The molecule has 0 radical (unpaired) electrons. The lowest BCUT2D eigenvalue weighted by atomic mass is 10.2. The van der Waals surface area contributed by atoms with Crippen LogP contribution in [0.2, 0.25) is 0 Å². The normalized spacial score (nSPS) is 11.3. The molecule has 1 N–H and O–H groups in total. The topological polar surface area (TPSA) is 107 Å². The van der Waals surface area contributed by atoms with E-state index in [1.54, 1.807) is 48.7 Å². The van der Waals surface area contributed by atoms with Crippen molar-refractivity contribution >= 4 is 43.3 Å². The van der Waals surface area contributed by atoms with Gasteiger partial charge >= 0.3 is 5.97 Å². The Labute approximate surface area is 191 Å². The second kappa shape index (κ2) is 8.93. The van der Waals surface area contributed by atoms with Crippen LogP contribution in [0.1, 0.15) is 16.1 Å². The monoisotopic (exact) mass is 513 g/mol. The Kier molecular flexibility index (Phi) is 6.06. The molecule has 162 valence electrons. The van der Waals surface area contributed by atoms with Crippen LogP contribution >= 0.6 is 15.9 Å². The molecule has 4 aromatic rings. The van der Waals surface area contributed by atoms with E-state index in [1.165, 1.54) is 34.7 Å². The van der Waals surface area contributed by atoms with Crippen molar-refractivity contribution in [2.45, 2.75) is 11.5 Å². The molecule has 0 aliphatic rings. The zero-order valence-electron chi connectivity index (χ0n) is 16.4. The van der Waals surface area contributed by atoms with Crippen LogP contribution in [0.25, 0.3) is 5.65 Å². The predicted octanol–water partition coefficient (Wildman–Crippen LogP) is 3.61. The Morgan fingerprint density at radius 2 is 1.75 bits per heavy atom. The number of esters is 1.